The second kappa shape index (κ2) is 6.40. The van der Waals surface area contributed by atoms with Gasteiger partial charge >= 0.3 is 0 Å². The molecule has 1 amide bonds. The first-order chi connectivity index (χ1) is 11.0. The molecule has 0 saturated carbocycles. The van der Waals surface area contributed by atoms with Crippen molar-refractivity contribution < 1.29 is 4.79 Å². The van der Waals surface area contributed by atoms with E-state index in [-0.39, 0.29) is 23.2 Å². The van der Waals surface area contributed by atoms with E-state index in [1.807, 2.05) is 24.3 Å². The highest BCUT2D eigenvalue weighted by atomic mass is 35.5. The summed E-state index contributed by atoms with van der Waals surface area (Å²) < 4.78 is 0. The normalized spacial score (nSPS) is 10.7. The first-order valence-electron chi connectivity index (χ1n) is 6.77. The van der Waals surface area contributed by atoms with E-state index in [0.29, 0.717) is 10.7 Å². The lowest BCUT2D eigenvalue weighted by atomic mass is 10.1. The minimum Gasteiger partial charge on any atom is -0.395 e. The maximum atomic E-state index is 12.2. The fourth-order valence-electron chi connectivity index (χ4n) is 2.20. The van der Waals surface area contributed by atoms with Crippen LogP contribution < -0.4 is 11.1 Å². The van der Waals surface area contributed by atoms with Gasteiger partial charge in [-0.1, -0.05) is 29.3 Å². The Morgan fingerprint density at radius 1 is 1.17 bits per heavy atom. The Labute approximate surface area is 142 Å². The van der Waals surface area contributed by atoms with Gasteiger partial charge in [0, 0.05) is 17.8 Å². The topological polar surface area (TPSA) is 80.9 Å². The summed E-state index contributed by atoms with van der Waals surface area (Å²) in [4.78, 5) is 20.2. The number of anilines is 2. The number of nitrogens with zero attached hydrogens (tertiary/aromatic N) is 2. The van der Waals surface area contributed by atoms with E-state index in [1.165, 1.54) is 6.20 Å². The number of nitrogens with one attached hydrogen (secondary N) is 1. The van der Waals surface area contributed by atoms with Crippen LogP contribution in [-0.2, 0) is 11.2 Å². The van der Waals surface area contributed by atoms with Crippen LogP contribution >= 0.6 is 23.2 Å². The van der Waals surface area contributed by atoms with Gasteiger partial charge in [0.15, 0.2) is 5.15 Å². The summed E-state index contributed by atoms with van der Waals surface area (Å²) in [5.41, 5.74) is 8.14. The van der Waals surface area contributed by atoms with Gasteiger partial charge in [-0.3, -0.25) is 9.78 Å². The quantitative estimate of drug-likeness (QED) is 0.708. The van der Waals surface area contributed by atoms with Gasteiger partial charge in [-0.25, -0.2) is 4.98 Å². The van der Waals surface area contributed by atoms with Crippen molar-refractivity contribution >= 4 is 51.4 Å². The summed E-state index contributed by atoms with van der Waals surface area (Å²) in [5.74, 6) is -0.201. The molecular weight excluding hydrogens is 335 g/mol. The molecule has 2 heterocycles. The largest absolute Gasteiger partial charge is 0.395 e. The molecule has 0 spiro atoms. The minimum atomic E-state index is -0.201. The van der Waals surface area contributed by atoms with Crippen LogP contribution in [0.2, 0.25) is 10.2 Å². The second-order valence-electron chi connectivity index (χ2n) is 4.97. The van der Waals surface area contributed by atoms with Crippen LogP contribution in [0.15, 0.2) is 42.7 Å². The van der Waals surface area contributed by atoms with Crippen LogP contribution in [0.1, 0.15) is 5.56 Å². The van der Waals surface area contributed by atoms with E-state index < -0.39 is 0 Å². The average molecular weight is 347 g/mol. The monoisotopic (exact) mass is 346 g/mol. The lowest BCUT2D eigenvalue weighted by Crippen LogP contribution is -2.15. The van der Waals surface area contributed by atoms with E-state index in [9.17, 15) is 4.79 Å². The highest BCUT2D eigenvalue weighted by Crippen LogP contribution is 2.24. The van der Waals surface area contributed by atoms with Crippen LogP contribution in [0.25, 0.3) is 10.9 Å². The van der Waals surface area contributed by atoms with Gasteiger partial charge in [-0.2, -0.15) is 0 Å². The minimum absolute atomic E-state index is 0.161. The van der Waals surface area contributed by atoms with Crippen molar-refractivity contribution in [2.24, 2.45) is 0 Å². The summed E-state index contributed by atoms with van der Waals surface area (Å²) >= 11 is 11.8. The number of fused-ring (bicyclic) bond motifs is 1. The number of hydrogen-bond donors (Lipinski definition) is 2. The maximum Gasteiger partial charge on any atom is 0.228 e. The Bertz CT molecular complexity index is 898. The molecule has 7 heteroatoms. The van der Waals surface area contributed by atoms with Crippen LogP contribution in [0.4, 0.5) is 11.4 Å². The average Bonchev–Trinajstić information content (AvgIpc) is 2.51. The Kier molecular flexibility index (Phi) is 4.32. The molecule has 5 nitrogen and oxygen atoms in total. The molecule has 0 saturated heterocycles. The van der Waals surface area contributed by atoms with Gasteiger partial charge in [0.2, 0.25) is 5.91 Å². The molecule has 0 aliphatic heterocycles. The third-order valence-corrected chi connectivity index (χ3v) is 3.80. The number of amides is 1. The van der Waals surface area contributed by atoms with Crippen LogP contribution in [0, 0.1) is 0 Å². The number of pyridine rings is 2. The summed E-state index contributed by atoms with van der Waals surface area (Å²) in [6, 6.07) is 9.00. The molecule has 0 radical (unpaired) electrons. The Hall–Kier alpha value is -2.37. The number of carbonyl (C=O) groups is 1. The van der Waals surface area contributed by atoms with E-state index in [4.69, 9.17) is 28.9 Å². The number of hydrogen-bond acceptors (Lipinski definition) is 4. The van der Waals surface area contributed by atoms with Crippen LogP contribution in [0.5, 0.6) is 0 Å². The number of halogens is 2. The number of nitrogen functional groups attached to an aromatic ring is 1. The molecule has 116 valence electrons. The number of rotatable bonds is 3. The van der Waals surface area contributed by atoms with Crippen molar-refractivity contribution in [3.63, 3.8) is 0 Å². The number of aromatic nitrogens is 2. The van der Waals surface area contributed by atoms with Crippen LogP contribution in [0.3, 0.4) is 0 Å². The van der Waals surface area contributed by atoms with Gasteiger partial charge in [0.25, 0.3) is 0 Å². The maximum absolute atomic E-state index is 12.2. The molecular formula is C16H12Cl2N4O. The predicted octanol–water partition coefficient (Wildman–Crippen LogP) is 3.70. The Morgan fingerprint density at radius 3 is 2.83 bits per heavy atom. The predicted molar refractivity (Wildman–Crippen MR) is 92.7 cm³/mol. The molecule has 0 aliphatic rings. The number of carbonyl (C=O) groups excluding carboxylic acids is 1. The molecule has 0 fully saturated rings. The van der Waals surface area contributed by atoms with Gasteiger partial charge in [0.05, 0.1) is 28.3 Å². The number of nitrogens with two attached hydrogens (primary N) is 1. The first kappa shape index (κ1) is 15.5. The molecule has 0 bridgehead atoms. The van der Waals surface area contributed by atoms with E-state index >= 15 is 0 Å². The smallest absolute Gasteiger partial charge is 0.228 e. The van der Waals surface area contributed by atoms with Gasteiger partial charge in [-0.15, -0.1) is 0 Å². The molecule has 3 N–H and O–H groups in total. The van der Waals surface area contributed by atoms with Crippen molar-refractivity contribution in [2.45, 2.75) is 6.42 Å². The van der Waals surface area contributed by atoms with Crippen molar-refractivity contribution in [3.05, 3.63) is 58.5 Å². The molecule has 23 heavy (non-hydrogen) atoms. The highest BCUT2D eigenvalue weighted by molar-refractivity contribution is 6.32. The lowest BCUT2D eigenvalue weighted by Gasteiger charge is -2.09. The van der Waals surface area contributed by atoms with E-state index in [1.54, 1.807) is 12.3 Å². The molecule has 2 aromatic heterocycles. The molecule has 0 aliphatic carbocycles. The van der Waals surface area contributed by atoms with E-state index in [0.717, 1.165) is 16.5 Å². The first-order valence-corrected chi connectivity index (χ1v) is 7.52. The van der Waals surface area contributed by atoms with Crippen LogP contribution in [-0.4, -0.2) is 15.9 Å². The third-order valence-electron chi connectivity index (χ3n) is 3.29. The zero-order valence-corrected chi connectivity index (χ0v) is 13.4. The summed E-state index contributed by atoms with van der Waals surface area (Å²) in [7, 11) is 0. The van der Waals surface area contributed by atoms with Crippen molar-refractivity contribution in [1.29, 1.82) is 0 Å². The van der Waals surface area contributed by atoms with Crippen molar-refractivity contribution in [3.8, 4) is 0 Å². The van der Waals surface area contributed by atoms with Gasteiger partial charge in [-0.05, 0) is 29.8 Å². The standard InChI is InChI=1S/C16H12Cl2N4O/c17-11-7-10-5-9(1-2-12(10)21-8-11)6-14(23)22-13-3-4-20-16(18)15(13)19/h1-5,7-8H,6,19H2,(H,20,22,23). The fraction of sp³-hybridized carbons (Fsp3) is 0.0625. The second-order valence-corrected chi connectivity index (χ2v) is 5.76. The lowest BCUT2D eigenvalue weighted by molar-refractivity contribution is -0.115. The highest BCUT2D eigenvalue weighted by Gasteiger charge is 2.09. The SMILES string of the molecule is Nc1c(NC(=O)Cc2ccc3ncc(Cl)cc3c2)ccnc1Cl. The van der Waals surface area contributed by atoms with E-state index in [2.05, 4.69) is 15.3 Å². The summed E-state index contributed by atoms with van der Waals surface area (Å²) in [6.07, 6.45) is 3.27. The number of benzene rings is 1. The van der Waals surface area contributed by atoms with Crippen molar-refractivity contribution in [2.75, 3.05) is 11.1 Å². The van der Waals surface area contributed by atoms with Gasteiger partial charge in [0.1, 0.15) is 0 Å². The summed E-state index contributed by atoms with van der Waals surface area (Å²) in [5, 5.41) is 4.33. The third kappa shape index (κ3) is 3.52. The zero-order chi connectivity index (χ0) is 16.4. The molecule has 3 aromatic rings. The Morgan fingerprint density at radius 2 is 2.00 bits per heavy atom. The molecule has 3 rings (SSSR count). The fourth-order valence-corrected chi connectivity index (χ4v) is 2.53. The Balaban J connectivity index is 1.78. The van der Waals surface area contributed by atoms with Crippen molar-refractivity contribution in [1.82, 2.24) is 9.97 Å². The molecule has 0 atom stereocenters. The summed E-state index contributed by atoms with van der Waals surface area (Å²) in [6.45, 7) is 0. The molecule has 0 unspecified atom stereocenters. The zero-order valence-electron chi connectivity index (χ0n) is 11.9. The van der Waals surface area contributed by atoms with Gasteiger partial charge < -0.3 is 11.1 Å². The molecule has 1 aromatic carbocycles.